The van der Waals surface area contributed by atoms with Gasteiger partial charge in [-0.1, -0.05) is 22.6 Å². The minimum Gasteiger partial charge on any atom is -0.358 e. The number of alkyl halides is 4. The van der Waals surface area contributed by atoms with E-state index >= 15 is 0 Å². The van der Waals surface area contributed by atoms with Crippen molar-refractivity contribution in [3.8, 4) is 0 Å². The molecule has 138 valence electrons. The van der Waals surface area contributed by atoms with Crippen LogP contribution in [0.4, 0.5) is 24.5 Å². The summed E-state index contributed by atoms with van der Waals surface area (Å²) >= 11 is 2.29. The van der Waals surface area contributed by atoms with Crippen LogP contribution in [0, 0.1) is 0 Å². The Labute approximate surface area is 162 Å². The lowest BCUT2D eigenvalue weighted by molar-refractivity contribution is -0.137. The minimum absolute atomic E-state index is 0.171. The van der Waals surface area contributed by atoms with E-state index in [1.54, 1.807) is 0 Å². The van der Waals surface area contributed by atoms with E-state index in [1.807, 2.05) is 4.90 Å². The minimum atomic E-state index is -4.47. The molecule has 0 spiro atoms. The van der Waals surface area contributed by atoms with Crippen LogP contribution in [0.25, 0.3) is 0 Å². The van der Waals surface area contributed by atoms with Crippen molar-refractivity contribution < 1.29 is 18.0 Å². The van der Waals surface area contributed by atoms with Gasteiger partial charge in [0.1, 0.15) is 0 Å². The van der Waals surface area contributed by atoms with Gasteiger partial charge in [0, 0.05) is 24.5 Å². The Kier molecular flexibility index (Phi) is 5.69. The van der Waals surface area contributed by atoms with Crippen LogP contribution in [0.2, 0.25) is 0 Å². The number of carbonyl (C=O) groups excluding carboxylic acids is 1. The van der Waals surface area contributed by atoms with E-state index < -0.39 is 17.6 Å². The molecule has 1 unspecified atom stereocenters. The number of rotatable bonds is 3. The van der Waals surface area contributed by atoms with Crippen molar-refractivity contribution in [1.82, 2.24) is 4.98 Å². The van der Waals surface area contributed by atoms with Gasteiger partial charge in [-0.2, -0.15) is 13.2 Å². The standard InChI is InChI=1S/C18H17F3IN3O/c19-18(20,21)13-4-5-15(25-10-2-1-3-16(25)22)14(11-13)24-17(26)12-6-8-23-9-7-12/h4-9,11,16H,1-3,10H2,(H,24,26). The van der Waals surface area contributed by atoms with E-state index in [0.717, 1.165) is 37.9 Å². The van der Waals surface area contributed by atoms with E-state index in [1.165, 1.54) is 30.6 Å². The molecule has 1 atom stereocenters. The van der Waals surface area contributed by atoms with Crippen molar-refractivity contribution >= 4 is 39.9 Å². The second kappa shape index (κ2) is 7.81. The highest BCUT2D eigenvalue weighted by molar-refractivity contribution is 14.1. The summed E-state index contributed by atoms with van der Waals surface area (Å²) in [5.74, 6) is -0.463. The second-order valence-electron chi connectivity index (χ2n) is 6.04. The number of carbonyl (C=O) groups is 1. The number of aromatic nitrogens is 1. The van der Waals surface area contributed by atoms with Crippen LogP contribution in [-0.2, 0) is 6.18 Å². The summed E-state index contributed by atoms with van der Waals surface area (Å²) in [7, 11) is 0. The number of hydrogen-bond donors (Lipinski definition) is 1. The molecule has 3 rings (SSSR count). The maximum atomic E-state index is 13.1. The fourth-order valence-electron chi connectivity index (χ4n) is 2.92. The maximum Gasteiger partial charge on any atom is 0.416 e. The normalized spacial score (nSPS) is 17.8. The van der Waals surface area contributed by atoms with Crippen LogP contribution in [-0.4, -0.2) is 21.5 Å². The van der Waals surface area contributed by atoms with Gasteiger partial charge in [-0.05, 0) is 49.6 Å². The molecule has 2 heterocycles. The highest BCUT2D eigenvalue weighted by Crippen LogP contribution is 2.38. The van der Waals surface area contributed by atoms with Crippen molar-refractivity contribution in [3.05, 3.63) is 53.9 Å². The molecule has 0 saturated carbocycles. The van der Waals surface area contributed by atoms with Gasteiger partial charge in [0.15, 0.2) is 0 Å². The van der Waals surface area contributed by atoms with Crippen LogP contribution < -0.4 is 10.2 Å². The monoisotopic (exact) mass is 475 g/mol. The molecular formula is C18H17F3IN3O. The third-order valence-electron chi connectivity index (χ3n) is 4.25. The summed E-state index contributed by atoms with van der Waals surface area (Å²) in [6.45, 7) is 0.747. The predicted molar refractivity (Wildman–Crippen MR) is 103 cm³/mol. The quantitative estimate of drug-likeness (QED) is 0.382. The van der Waals surface area contributed by atoms with E-state index in [4.69, 9.17) is 0 Å². The van der Waals surface area contributed by atoms with Gasteiger partial charge in [0.2, 0.25) is 0 Å². The highest BCUT2D eigenvalue weighted by atomic mass is 127. The Bertz CT molecular complexity index is 783. The lowest BCUT2D eigenvalue weighted by Gasteiger charge is -2.35. The van der Waals surface area contributed by atoms with E-state index in [9.17, 15) is 18.0 Å². The van der Waals surface area contributed by atoms with Crippen LogP contribution in [0.1, 0.15) is 35.2 Å². The molecular weight excluding hydrogens is 458 g/mol. The van der Waals surface area contributed by atoms with Crippen LogP contribution in [0.5, 0.6) is 0 Å². The fraction of sp³-hybridized carbons (Fsp3) is 0.333. The van der Waals surface area contributed by atoms with Gasteiger partial charge in [0.25, 0.3) is 5.91 Å². The zero-order valence-electron chi connectivity index (χ0n) is 13.8. The van der Waals surface area contributed by atoms with Crippen molar-refractivity contribution in [1.29, 1.82) is 0 Å². The number of nitrogens with one attached hydrogen (secondary N) is 1. The Morgan fingerprint density at radius 2 is 1.92 bits per heavy atom. The molecule has 26 heavy (non-hydrogen) atoms. The number of benzene rings is 1. The third-order valence-corrected chi connectivity index (χ3v) is 5.55. The molecule has 0 aliphatic carbocycles. The third kappa shape index (κ3) is 4.28. The lowest BCUT2D eigenvalue weighted by atomic mass is 10.1. The van der Waals surface area contributed by atoms with Crippen LogP contribution >= 0.6 is 22.6 Å². The van der Waals surface area contributed by atoms with Crippen LogP contribution in [0.15, 0.2) is 42.7 Å². The number of pyridine rings is 1. The Morgan fingerprint density at radius 1 is 1.19 bits per heavy atom. The van der Waals surface area contributed by atoms with Crippen molar-refractivity contribution in [2.75, 3.05) is 16.8 Å². The van der Waals surface area contributed by atoms with Gasteiger partial charge in [-0.25, -0.2) is 0 Å². The molecule has 0 radical (unpaired) electrons. The summed E-state index contributed by atoms with van der Waals surface area (Å²) in [4.78, 5) is 18.3. The first-order valence-corrected chi connectivity index (χ1v) is 9.44. The molecule has 1 aliphatic heterocycles. The molecule has 1 amide bonds. The molecule has 4 nitrogen and oxygen atoms in total. The van der Waals surface area contributed by atoms with Gasteiger partial charge >= 0.3 is 6.18 Å². The first-order valence-electron chi connectivity index (χ1n) is 8.19. The molecule has 1 aromatic carbocycles. The summed E-state index contributed by atoms with van der Waals surface area (Å²) in [5.41, 5.74) is 0.339. The Balaban J connectivity index is 1.97. The van der Waals surface area contributed by atoms with Crippen molar-refractivity contribution in [2.24, 2.45) is 0 Å². The van der Waals surface area contributed by atoms with E-state index in [0.29, 0.717) is 11.3 Å². The largest absolute Gasteiger partial charge is 0.416 e. The van der Waals surface area contributed by atoms with Gasteiger partial charge in [0.05, 0.1) is 21.0 Å². The zero-order chi connectivity index (χ0) is 18.7. The zero-order valence-corrected chi connectivity index (χ0v) is 15.9. The molecule has 1 N–H and O–H groups in total. The topological polar surface area (TPSA) is 45.2 Å². The van der Waals surface area contributed by atoms with E-state index in [-0.39, 0.29) is 9.74 Å². The first kappa shape index (κ1) is 18.9. The molecule has 1 fully saturated rings. The van der Waals surface area contributed by atoms with Crippen LogP contribution in [0.3, 0.4) is 0 Å². The summed E-state index contributed by atoms with van der Waals surface area (Å²) in [6.07, 6.45) is 1.47. The fourth-order valence-corrected chi connectivity index (χ4v) is 3.94. The number of amides is 1. The molecule has 0 bridgehead atoms. The van der Waals surface area contributed by atoms with Gasteiger partial charge in [-0.15, -0.1) is 0 Å². The summed E-state index contributed by atoms with van der Waals surface area (Å²) in [6, 6.07) is 6.55. The van der Waals surface area contributed by atoms with Crippen molar-refractivity contribution in [3.63, 3.8) is 0 Å². The molecule has 2 aromatic rings. The number of hydrogen-bond acceptors (Lipinski definition) is 3. The highest BCUT2D eigenvalue weighted by Gasteiger charge is 2.32. The molecule has 8 heteroatoms. The summed E-state index contributed by atoms with van der Waals surface area (Å²) in [5, 5.41) is 2.65. The Hall–Kier alpha value is -1.84. The smallest absolute Gasteiger partial charge is 0.358 e. The second-order valence-corrected chi connectivity index (χ2v) is 7.48. The van der Waals surface area contributed by atoms with Crippen molar-refractivity contribution in [2.45, 2.75) is 29.5 Å². The number of nitrogens with zero attached hydrogens (tertiary/aromatic N) is 2. The lowest BCUT2D eigenvalue weighted by Crippen LogP contribution is -2.36. The van der Waals surface area contributed by atoms with Gasteiger partial charge < -0.3 is 10.2 Å². The number of anilines is 2. The molecule has 1 saturated heterocycles. The molecule has 1 aromatic heterocycles. The average molecular weight is 475 g/mol. The maximum absolute atomic E-state index is 13.1. The summed E-state index contributed by atoms with van der Waals surface area (Å²) < 4.78 is 39.6. The number of piperidine rings is 1. The SMILES string of the molecule is O=C(Nc1cc(C(F)(F)F)ccc1N1CCCCC1I)c1ccncc1. The predicted octanol–water partition coefficient (Wildman–Crippen LogP) is 5.10. The van der Waals surface area contributed by atoms with Gasteiger partial charge in [-0.3, -0.25) is 9.78 Å². The number of halogens is 4. The molecule has 1 aliphatic rings. The van der Waals surface area contributed by atoms with E-state index in [2.05, 4.69) is 32.9 Å². The Morgan fingerprint density at radius 3 is 2.58 bits per heavy atom. The first-order chi connectivity index (χ1) is 12.4. The average Bonchev–Trinajstić information content (AvgIpc) is 2.62.